The van der Waals surface area contributed by atoms with E-state index in [1.165, 1.54) is 77.0 Å². The van der Waals surface area contributed by atoms with Gasteiger partial charge < -0.3 is 120 Å². The van der Waals surface area contributed by atoms with E-state index >= 15 is 14.4 Å². The number of aliphatic hydroxyl groups is 2. The van der Waals surface area contributed by atoms with Gasteiger partial charge in [0.2, 0.25) is 82.7 Å². The predicted octanol–water partition coefficient (Wildman–Crippen LogP) is -1.44. The molecule has 41 nitrogen and oxygen atoms in total. The number of hydrogen-bond acceptors (Lipinski definition) is 25. The zero-order valence-electron chi connectivity index (χ0n) is 73.7. The minimum atomic E-state index is -2.02. The lowest BCUT2D eigenvalue weighted by atomic mass is 9.95. The standard InChI is InChI=1S/C86H125N15O26S2/c1-10-46(5)69(81(121)89-55(29-31-66(106)107)72(112)88-57(34-38-129-9)74(114)95-62(43-68(110)111)85(125)101-36-16-20-65(101)86(126)127)98-78(118)61(42-51-23-27-53(105)28-24-51)92-75(115)60(40-49-17-13-12-14-18-49)94-82(122)70(47(6)11-2)97-77(117)58(39-45(3)4)91-73(113)56(30-32-67(108)109)90-83(123)71(48(7)103)99-79(119)63(44-102)96-76(116)59(41-50-21-25-52(104)26-22-50)93-80(120)64-19-15-35-100(64)84(124)54(87)33-37-128-8/h12-14,17-18,21-28,45-48,54-65,69-71,102-105H,10-11,15-16,19-20,29-44,87H2,1-9H3,(H,88,112)(H,89,121)(H,90,123)(H,91,113)(H,92,115)(H,93,120)(H,94,122)(H,95,114)(H,96,116)(H,97,117)(H,98,118)(H,99,119)(H,106,107)(H,108,109)(H,110,111)(H,126,127)/t46-,47-,48+,54-,55-,56-,57-,58-,59-,60-,61-,62-,63-,64-,65-,69-,70-,71-/m0/s1. The van der Waals surface area contributed by atoms with Gasteiger partial charge >= 0.3 is 23.9 Å². The molecule has 3 aromatic rings. The van der Waals surface area contributed by atoms with E-state index in [1.807, 2.05) is 6.26 Å². The number of carbonyl (C=O) groups is 18. The highest BCUT2D eigenvalue weighted by atomic mass is 32.2. The number of carboxylic acids is 4. The molecule has 43 heteroatoms. The van der Waals surface area contributed by atoms with Crippen molar-refractivity contribution in [1.29, 1.82) is 0 Å². The molecule has 0 unspecified atom stereocenters. The number of rotatable bonds is 55. The largest absolute Gasteiger partial charge is 0.508 e. The van der Waals surface area contributed by atoms with Crippen molar-refractivity contribution in [3.8, 4) is 11.5 Å². The number of phenols is 2. The number of nitrogens with two attached hydrogens (primary N) is 1. The molecule has 0 bridgehead atoms. The number of benzene rings is 3. The molecular weight excluding hydrogens is 1720 g/mol. The fraction of sp³-hybridized carbons (Fsp3) is 0.581. The number of phenolic OH excluding ortho intramolecular Hbond substituents is 2. The van der Waals surface area contributed by atoms with Crippen LogP contribution in [0.3, 0.4) is 0 Å². The molecule has 2 aliphatic heterocycles. The Morgan fingerprint density at radius 2 is 0.767 bits per heavy atom. The van der Waals surface area contributed by atoms with Crippen molar-refractivity contribution in [2.45, 2.75) is 254 Å². The van der Waals surface area contributed by atoms with Crippen molar-refractivity contribution >= 4 is 130 Å². The summed E-state index contributed by atoms with van der Waals surface area (Å²) in [7, 11) is 0. The van der Waals surface area contributed by atoms with E-state index in [-0.39, 0.29) is 94.5 Å². The smallest absolute Gasteiger partial charge is 0.326 e. The zero-order valence-corrected chi connectivity index (χ0v) is 75.4. The number of nitrogens with zero attached hydrogens (tertiary/aromatic N) is 2. The van der Waals surface area contributed by atoms with Crippen LogP contribution in [0.15, 0.2) is 78.9 Å². The second-order valence-corrected chi connectivity index (χ2v) is 34.6. The molecule has 3 aromatic carbocycles. The number of thioether (sulfide) groups is 2. The number of amides is 14. The Morgan fingerprint density at radius 3 is 1.20 bits per heavy atom. The summed E-state index contributed by atoms with van der Waals surface area (Å²) in [4.78, 5) is 253. The van der Waals surface area contributed by atoms with Crippen LogP contribution in [0.1, 0.15) is 155 Å². The molecular formula is C86H125N15O26S2. The molecule has 2 saturated heterocycles. The number of carboxylic acid groups (broad SMARTS) is 4. The zero-order chi connectivity index (χ0) is 96.1. The van der Waals surface area contributed by atoms with E-state index in [1.54, 1.807) is 78.1 Å². The third kappa shape index (κ3) is 35.0. The van der Waals surface area contributed by atoms with Gasteiger partial charge in [0.15, 0.2) is 0 Å². The molecule has 0 spiro atoms. The van der Waals surface area contributed by atoms with E-state index in [4.69, 9.17) is 5.73 Å². The van der Waals surface area contributed by atoms with Gasteiger partial charge in [-0.1, -0.05) is 109 Å². The predicted molar refractivity (Wildman–Crippen MR) is 471 cm³/mol. The maximum Gasteiger partial charge on any atom is 0.326 e. The first-order valence-electron chi connectivity index (χ1n) is 42.8. The number of carbonyl (C=O) groups excluding carboxylic acids is 14. The van der Waals surface area contributed by atoms with Crippen LogP contribution in [0, 0.1) is 17.8 Å². The van der Waals surface area contributed by atoms with Crippen LogP contribution in [0.25, 0.3) is 0 Å². The van der Waals surface area contributed by atoms with E-state index in [0.717, 1.165) is 11.8 Å². The van der Waals surface area contributed by atoms with Crippen molar-refractivity contribution in [3.05, 3.63) is 95.6 Å². The van der Waals surface area contributed by atoms with Crippen LogP contribution < -0.4 is 69.5 Å². The molecule has 0 aliphatic carbocycles. The Hall–Kier alpha value is -11.7. The van der Waals surface area contributed by atoms with Crippen molar-refractivity contribution in [3.63, 3.8) is 0 Å². The molecule has 0 radical (unpaired) electrons. The van der Waals surface area contributed by atoms with Gasteiger partial charge in [-0.2, -0.15) is 23.5 Å². The van der Waals surface area contributed by atoms with Crippen molar-refractivity contribution < 1.29 is 127 Å². The summed E-state index contributed by atoms with van der Waals surface area (Å²) in [5.41, 5.74) is 7.41. The summed E-state index contributed by atoms with van der Waals surface area (Å²) in [5, 5.41) is 111. The van der Waals surface area contributed by atoms with Crippen molar-refractivity contribution in [2.75, 3.05) is 43.7 Å². The summed E-state index contributed by atoms with van der Waals surface area (Å²) in [5.74, 6) is -21.6. The average Bonchev–Trinajstić information content (AvgIpc) is 1.63. The molecule has 22 N–H and O–H groups in total. The number of nitrogens with one attached hydrogen (secondary N) is 12. The summed E-state index contributed by atoms with van der Waals surface area (Å²) in [6.07, 6.45) is -1.71. The van der Waals surface area contributed by atoms with Crippen LogP contribution in [-0.4, -0.2) is 298 Å². The average molecular weight is 1850 g/mol. The minimum Gasteiger partial charge on any atom is -0.508 e. The van der Waals surface area contributed by atoms with Gasteiger partial charge in [-0.15, -0.1) is 0 Å². The van der Waals surface area contributed by atoms with E-state index in [0.29, 0.717) is 35.3 Å². The van der Waals surface area contributed by atoms with E-state index in [9.17, 15) is 113 Å². The first-order valence-corrected chi connectivity index (χ1v) is 45.6. The van der Waals surface area contributed by atoms with Crippen LogP contribution in [0.4, 0.5) is 0 Å². The molecule has 129 heavy (non-hydrogen) atoms. The fourth-order valence-corrected chi connectivity index (χ4v) is 15.4. The van der Waals surface area contributed by atoms with Gasteiger partial charge in [0, 0.05) is 45.2 Å². The quantitative estimate of drug-likeness (QED) is 0.0308. The molecule has 18 atom stereocenters. The van der Waals surface area contributed by atoms with Crippen molar-refractivity contribution in [1.82, 2.24) is 73.6 Å². The van der Waals surface area contributed by atoms with Crippen LogP contribution in [0.2, 0.25) is 0 Å². The third-order valence-electron chi connectivity index (χ3n) is 22.1. The number of aliphatic carboxylic acids is 4. The second kappa shape index (κ2) is 53.9. The van der Waals surface area contributed by atoms with Gasteiger partial charge in [-0.3, -0.25) is 81.5 Å². The van der Waals surface area contributed by atoms with E-state index < -0.39 is 260 Å². The SMILES string of the molecule is CC[C@H](C)[C@H](NC(=O)[C@H](CC(C)C)NC(=O)[C@H](CCC(=O)O)NC(=O)[C@@H](NC(=O)[C@H](CO)NC(=O)[C@H](Cc1ccc(O)cc1)NC(=O)[C@@H]1CCCN1C(=O)[C@@H](N)CCSC)[C@@H](C)O)C(=O)N[C@@H](Cc1ccccc1)C(=O)N[C@@H](Cc1ccc(O)cc1)C(=O)N[C@H](C(=O)N[C@@H](CCC(=O)O)C(=O)N[C@@H](CCSC)C(=O)N[C@@H](CC(=O)O)C(=O)N1CCC[C@H]1C(=O)O)[C@@H](C)CC. The molecule has 14 amide bonds. The fourth-order valence-electron chi connectivity index (χ4n) is 14.4. The van der Waals surface area contributed by atoms with Gasteiger partial charge in [-0.05, 0) is 147 Å². The first kappa shape index (κ1) is 108. The maximum absolute atomic E-state index is 15.2. The number of likely N-dealkylation sites (tertiary alicyclic amines) is 2. The lowest BCUT2D eigenvalue weighted by Crippen LogP contribution is -2.63. The Labute approximate surface area is 755 Å². The Morgan fingerprint density at radius 1 is 0.411 bits per heavy atom. The van der Waals surface area contributed by atoms with Crippen LogP contribution in [-0.2, 0) is 106 Å². The first-order chi connectivity index (χ1) is 61.0. The summed E-state index contributed by atoms with van der Waals surface area (Å²) in [6.45, 7) is 9.89. The molecule has 0 saturated carbocycles. The number of aromatic hydroxyl groups is 2. The van der Waals surface area contributed by atoms with Gasteiger partial charge in [0.1, 0.15) is 96.1 Å². The maximum atomic E-state index is 15.2. The molecule has 2 aliphatic rings. The summed E-state index contributed by atoms with van der Waals surface area (Å²) >= 11 is 2.70. The third-order valence-corrected chi connectivity index (χ3v) is 23.4. The van der Waals surface area contributed by atoms with E-state index in [2.05, 4.69) is 63.8 Å². The highest BCUT2D eigenvalue weighted by Crippen LogP contribution is 2.24. The Bertz CT molecular complexity index is 4340. The normalized spacial score (nSPS) is 17.3. The minimum absolute atomic E-state index is 0.0556. The van der Waals surface area contributed by atoms with Gasteiger partial charge in [-0.25, -0.2) is 4.79 Å². The highest BCUT2D eigenvalue weighted by Gasteiger charge is 2.44. The number of aliphatic hydroxyl groups excluding tert-OH is 2. The van der Waals surface area contributed by atoms with Gasteiger partial charge in [0.05, 0.1) is 25.2 Å². The Balaban J connectivity index is 1.40. The van der Waals surface area contributed by atoms with Crippen LogP contribution >= 0.6 is 23.5 Å². The monoisotopic (exact) mass is 1850 g/mol. The lowest BCUT2D eigenvalue weighted by Gasteiger charge is -2.31. The van der Waals surface area contributed by atoms with Gasteiger partial charge in [0.25, 0.3) is 0 Å². The summed E-state index contributed by atoms with van der Waals surface area (Å²) in [6, 6.07) is -4.48. The topological polar surface area (TPSA) is 646 Å². The van der Waals surface area contributed by atoms with Crippen LogP contribution in [0.5, 0.6) is 11.5 Å². The molecule has 5 rings (SSSR count). The molecule has 712 valence electrons. The Kier molecular flexibility index (Phi) is 45.1. The lowest BCUT2D eigenvalue weighted by molar-refractivity contribution is -0.150. The summed E-state index contributed by atoms with van der Waals surface area (Å²) < 4.78 is 0. The molecule has 2 heterocycles. The van der Waals surface area contributed by atoms with Crippen molar-refractivity contribution in [2.24, 2.45) is 23.5 Å². The molecule has 2 fully saturated rings. The highest BCUT2D eigenvalue weighted by molar-refractivity contribution is 7.98. The number of hydrogen-bond donors (Lipinski definition) is 21. The second-order valence-electron chi connectivity index (χ2n) is 32.6. The molecule has 0 aromatic heterocycles.